The van der Waals surface area contributed by atoms with Crippen molar-refractivity contribution in [2.45, 2.75) is 18.1 Å². The molecule has 9 heavy (non-hydrogen) atoms. The van der Waals surface area contributed by atoms with Crippen molar-refractivity contribution in [2.24, 2.45) is 11.5 Å². The molecule has 1 rings (SSSR count). The Hall–Kier alpha value is -0.530. The normalized spacial score (nSPS) is 35.6. The minimum Gasteiger partial charge on any atom is -0.401 e. The fourth-order valence-electron chi connectivity index (χ4n) is 1.24. The van der Waals surface area contributed by atoms with Gasteiger partial charge in [-0.05, 0) is 12.2 Å². The van der Waals surface area contributed by atoms with E-state index in [0.717, 1.165) is 17.8 Å². The van der Waals surface area contributed by atoms with Crippen molar-refractivity contribution in [2.75, 3.05) is 0 Å². The predicted octanol–water partition coefficient (Wildman–Crippen LogP) is -1.64. The van der Waals surface area contributed by atoms with Crippen LogP contribution >= 0.6 is 0 Å². The zero-order valence-corrected chi connectivity index (χ0v) is 6.02. The van der Waals surface area contributed by atoms with E-state index in [4.69, 9.17) is 11.5 Å². The van der Waals surface area contributed by atoms with E-state index in [1.807, 2.05) is 0 Å². The van der Waals surface area contributed by atoms with Crippen LogP contribution in [0.4, 0.5) is 0 Å². The summed E-state index contributed by atoms with van der Waals surface area (Å²) in [5.74, 6) is 1.13. The molecule has 0 amide bonds. The zero-order chi connectivity index (χ0) is 7.02. The molecule has 0 saturated carbocycles. The van der Waals surface area contributed by atoms with E-state index in [9.17, 15) is 0 Å². The molecule has 0 heterocycles. The SMILES string of the molecule is BC1CC(N)=C(N)C1B. The van der Waals surface area contributed by atoms with E-state index in [1.165, 1.54) is 0 Å². The molecular formula is C5H12B2N2. The van der Waals surface area contributed by atoms with Crippen molar-refractivity contribution in [1.82, 2.24) is 0 Å². The van der Waals surface area contributed by atoms with Gasteiger partial charge in [-0.3, -0.25) is 0 Å². The third kappa shape index (κ3) is 0.934. The van der Waals surface area contributed by atoms with Gasteiger partial charge >= 0.3 is 0 Å². The van der Waals surface area contributed by atoms with Gasteiger partial charge in [-0.2, -0.15) is 0 Å². The fourth-order valence-corrected chi connectivity index (χ4v) is 1.24. The van der Waals surface area contributed by atoms with Gasteiger partial charge in [-0.1, -0.05) is 5.82 Å². The molecule has 0 aliphatic heterocycles. The Balaban J connectivity index is 2.74. The summed E-state index contributed by atoms with van der Waals surface area (Å²) in [5.41, 5.74) is 13.1. The van der Waals surface area contributed by atoms with Gasteiger partial charge in [0, 0.05) is 11.4 Å². The molecule has 0 spiro atoms. The van der Waals surface area contributed by atoms with Gasteiger partial charge in [0.25, 0.3) is 0 Å². The van der Waals surface area contributed by atoms with Crippen molar-refractivity contribution >= 4 is 15.7 Å². The molecule has 0 fully saturated rings. The first kappa shape index (κ1) is 6.59. The first-order valence-electron chi connectivity index (χ1n) is 3.37. The summed E-state index contributed by atoms with van der Waals surface area (Å²) in [4.78, 5) is 0. The van der Waals surface area contributed by atoms with Crippen LogP contribution in [-0.4, -0.2) is 15.7 Å². The van der Waals surface area contributed by atoms with Gasteiger partial charge in [0.15, 0.2) is 0 Å². The van der Waals surface area contributed by atoms with Gasteiger partial charge in [0.1, 0.15) is 15.7 Å². The number of hydrogen-bond acceptors (Lipinski definition) is 2. The Morgan fingerprint density at radius 1 is 1.33 bits per heavy atom. The highest BCUT2D eigenvalue weighted by atomic mass is 14.7. The Bertz CT molecular complexity index is 155. The van der Waals surface area contributed by atoms with Gasteiger partial charge in [0.2, 0.25) is 0 Å². The summed E-state index contributed by atoms with van der Waals surface area (Å²) in [7, 11) is 4.30. The lowest BCUT2D eigenvalue weighted by Gasteiger charge is -2.08. The quantitative estimate of drug-likeness (QED) is 0.378. The molecule has 1 aliphatic rings. The Morgan fingerprint density at radius 3 is 2.00 bits per heavy atom. The monoisotopic (exact) mass is 122 g/mol. The van der Waals surface area contributed by atoms with Crippen molar-refractivity contribution < 1.29 is 0 Å². The molecule has 0 saturated heterocycles. The standard InChI is InChI=1S/C5H12B2N2/c6-2-1-3(8)5(9)4(2)7/h2,4H,1,6-9H2. The maximum atomic E-state index is 5.67. The minimum absolute atomic E-state index is 0.491. The molecule has 2 nitrogen and oxygen atoms in total. The molecule has 0 aromatic rings. The smallest absolute Gasteiger partial charge is 0.112 e. The average Bonchev–Trinajstić information content (AvgIpc) is 1.98. The molecule has 0 bridgehead atoms. The van der Waals surface area contributed by atoms with Gasteiger partial charge in [0.05, 0.1) is 0 Å². The third-order valence-electron chi connectivity index (χ3n) is 2.26. The summed E-state index contributed by atoms with van der Waals surface area (Å²) in [6, 6.07) is 0. The second-order valence-electron chi connectivity index (χ2n) is 2.95. The van der Waals surface area contributed by atoms with E-state index >= 15 is 0 Å². The molecular weight excluding hydrogens is 110 g/mol. The van der Waals surface area contributed by atoms with E-state index in [0.29, 0.717) is 11.6 Å². The summed E-state index contributed by atoms with van der Waals surface area (Å²) < 4.78 is 0. The molecule has 0 aromatic heterocycles. The molecule has 4 heteroatoms. The van der Waals surface area contributed by atoms with Crippen LogP contribution in [0, 0.1) is 0 Å². The highest BCUT2D eigenvalue weighted by Gasteiger charge is 2.24. The molecule has 0 radical (unpaired) electrons. The number of nitrogens with two attached hydrogens (primary N) is 2. The van der Waals surface area contributed by atoms with E-state index in [-0.39, 0.29) is 0 Å². The van der Waals surface area contributed by atoms with Crippen LogP contribution in [0.2, 0.25) is 11.6 Å². The van der Waals surface area contributed by atoms with Crippen LogP contribution in [0.15, 0.2) is 11.4 Å². The summed E-state index contributed by atoms with van der Waals surface area (Å²) in [6.07, 6.45) is 0.979. The van der Waals surface area contributed by atoms with Gasteiger partial charge < -0.3 is 11.5 Å². The van der Waals surface area contributed by atoms with Crippen LogP contribution in [0.3, 0.4) is 0 Å². The average molecular weight is 122 g/mol. The first-order chi connectivity index (χ1) is 4.13. The van der Waals surface area contributed by atoms with E-state index in [1.54, 1.807) is 0 Å². The van der Waals surface area contributed by atoms with Crippen molar-refractivity contribution in [3.8, 4) is 0 Å². The topological polar surface area (TPSA) is 52.0 Å². The molecule has 1 aliphatic carbocycles. The maximum Gasteiger partial charge on any atom is 0.112 e. The van der Waals surface area contributed by atoms with E-state index < -0.39 is 0 Å². The Morgan fingerprint density at radius 2 is 1.89 bits per heavy atom. The highest BCUT2D eigenvalue weighted by Crippen LogP contribution is 2.36. The predicted molar refractivity (Wildman–Crippen MR) is 44.6 cm³/mol. The highest BCUT2D eigenvalue weighted by molar-refractivity contribution is 6.23. The second-order valence-corrected chi connectivity index (χ2v) is 2.95. The number of rotatable bonds is 0. The molecule has 2 unspecified atom stereocenters. The van der Waals surface area contributed by atoms with Crippen molar-refractivity contribution in [3.05, 3.63) is 11.4 Å². The molecule has 0 aromatic carbocycles. The van der Waals surface area contributed by atoms with Crippen LogP contribution in [0.1, 0.15) is 6.42 Å². The Labute approximate surface area is 57.5 Å². The first-order valence-corrected chi connectivity index (χ1v) is 3.37. The van der Waals surface area contributed by atoms with Gasteiger partial charge in [-0.25, -0.2) is 0 Å². The van der Waals surface area contributed by atoms with Crippen LogP contribution in [0.5, 0.6) is 0 Å². The Kier molecular flexibility index (Phi) is 1.47. The summed E-state index contributed by atoms with van der Waals surface area (Å²) in [5, 5.41) is 0. The van der Waals surface area contributed by atoms with Crippen molar-refractivity contribution in [3.63, 3.8) is 0 Å². The van der Waals surface area contributed by atoms with Crippen LogP contribution in [-0.2, 0) is 0 Å². The summed E-state index contributed by atoms with van der Waals surface area (Å²) in [6.45, 7) is 0. The zero-order valence-electron chi connectivity index (χ0n) is 6.02. The lowest BCUT2D eigenvalue weighted by molar-refractivity contribution is 0.876. The number of allylic oxidation sites excluding steroid dienone is 2. The lowest BCUT2D eigenvalue weighted by atomic mass is 9.68. The largest absolute Gasteiger partial charge is 0.401 e. The molecule has 4 N–H and O–H groups in total. The summed E-state index contributed by atoms with van der Waals surface area (Å²) >= 11 is 0. The van der Waals surface area contributed by atoms with Gasteiger partial charge in [-0.15, -0.1) is 0 Å². The number of hydrogen-bond donors (Lipinski definition) is 2. The van der Waals surface area contributed by atoms with Crippen LogP contribution in [0.25, 0.3) is 0 Å². The third-order valence-corrected chi connectivity index (χ3v) is 2.26. The second kappa shape index (κ2) is 2.01. The lowest BCUT2D eigenvalue weighted by Crippen LogP contribution is -2.08. The van der Waals surface area contributed by atoms with Crippen LogP contribution < -0.4 is 11.5 Å². The minimum atomic E-state index is 0.491. The van der Waals surface area contributed by atoms with Crippen molar-refractivity contribution in [1.29, 1.82) is 0 Å². The van der Waals surface area contributed by atoms with E-state index in [2.05, 4.69) is 15.7 Å². The maximum absolute atomic E-state index is 5.67. The molecule has 2 atom stereocenters. The fraction of sp³-hybridized carbons (Fsp3) is 0.600. The molecule has 48 valence electrons.